The van der Waals surface area contributed by atoms with Crippen molar-refractivity contribution >= 4 is 0 Å². The summed E-state index contributed by atoms with van der Waals surface area (Å²) in [7, 11) is 0. The summed E-state index contributed by atoms with van der Waals surface area (Å²) in [5.74, 6) is 1.39. The number of nitrogens with zero attached hydrogens (tertiary/aromatic N) is 2. The molecular formula is C17H21N3O. The molecule has 0 saturated carbocycles. The first-order valence-electron chi connectivity index (χ1n) is 7.54. The molecule has 2 aromatic rings. The van der Waals surface area contributed by atoms with Crippen molar-refractivity contribution < 1.29 is 4.74 Å². The van der Waals surface area contributed by atoms with Crippen LogP contribution in [-0.4, -0.2) is 16.0 Å². The minimum absolute atomic E-state index is 0.439. The van der Waals surface area contributed by atoms with Crippen molar-refractivity contribution in [1.82, 2.24) is 15.3 Å². The van der Waals surface area contributed by atoms with Crippen molar-refractivity contribution in [2.24, 2.45) is 0 Å². The summed E-state index contributed by atoms with van der Waals surface area (Å²) >= 11 is 0. The van der Waals surface area contributed by atoms with Crippen LogP contribution in [0.2, 0.25) is 0 Å². The molecule has 0 radical (unpaired) electrons. The van der Waals surface area contributed by atoms with Crippen LogP contribution in [0.3, 0.4) is 0 Å². The molecule has 1 aliphatic carbocycles. The van der Waals surface area contributed by atoms with Crippen molar-refractivity contribution in [3.63, 3.8) is 0 Å². The monoisotopic (exact) mass is 283 g/mol. The molecule has 21 heavy (non-hydrogen) atoms. The highest BCUT2D eigenvalue weighted by atomic mass is 16.5. The largest absolute Gasteiger partial charge is 0.437 e. The van der Waals surface area contributed by atoms with Gasteiger partial charge in [-0.3, -0.25) is 4.98 Å². The number of hydrogen-bond donors (Lipinski definition) is 1. The molecular weight excluding hydrogens is 262 g/mol. The van der Waals surface area contributed by atoms with Gasteiger partial charge in [0.25, 0.3) is 0 Å². The highest BCUT2D eigenvalue weighted by Gasteiger charge is 2.11. The SMILES string of the molecule is CC(C)NCc1cnc(Oc2ccc3c(c2)CCC3)cn1. The van der Waals surface area contributed by atoms with Crippen LogP contribution in [0.1, 0.15) is 37.1 Å². The fourth-order valence-corrected chi connectivity index (χ4v) is 2.53. The van der Waals surface area contributed by atoms with Crippen LogP contribution in [0.5, 0.6) is 11.6 Å². The summed E-state index contributed by atoms with van der Waals surface area (Å²) < 4.78 is 5.79. The number of hydrogen-bond acceptors (Lipinski definition) is 4. The predicted octanol–water partition coefficient (Wildman–Crippen LogP) is 3.26. The Kier molecular flexibility index (Phi) is 4.15. The second-order valence-corrected chi connectivity index (χ2v) is 5.77. The summed E-state index contributed by atoms with van der Waals surface area (Å²) in [5.41, 5.74) is 3.77. The molecule has 0 spiro atoms. The molecule has 3 rings (SSSR count). The molecule has 1 aromatic carbocycles. The number of fused-ring (bicyclic) bond motifs is 1. The number of rotatable bonds is 5. The second-order valence-electron chi connectivity index (χ2n) is 5.77. The molecule has 0 fully saturated rings. The molecule has 0 amide bonds. The summed E-state index contributed by atoms with van der Waals surface area (Å²) in [6, 6.07) is 6.73. The van der Waals surface area contributed by atoms with Gasteiger partial charge < -0.3 is 10.1 Å². The van der Waals surface area contributed by atoms with E-state index < -0.39 is 0 Å². The van der Waals surface area contributed by atoms with Gasteiger partial charge in [0.2, 0.25) is 5.88 Å². The summed E-state index contributed by atoms with van der Waals surface area (Å²) in [6.07, 6.45) is 7.03. The van der Waals surface area contributed by atoms with E-state index in [0.29, 0.717) is 11.9 Å². The summed E-state index contributed by atoms with van der Waals surface area (Å²) in [6.45, 7) is 4.95. The van der Waals surface area contributed by atoms with Crippen LogP contribution >= 0.6 is 0 Å². The Bertz CT molecular complexity index is 608. The molecule has 0 atom stereocenters. The minimum Gasteiger partial charge on any atom is -0.437 e. The maximum atomic E-state index is 5.79. The molecule has 4 heteroatoms. The first-order valence-corrected chi connectivity index (χ1v) is 7.54. The lowest BCUT2D eigenvalue weighted by atomic mass is 10.1. The highest BCUT2D eigenvalue weighted by molar-refractivity contribution is 5.39. The molecule has 1 aliphatic rings. The minimum atomic E-state index is 0.439. The fourth-order valence-electron chi connectivity index (χ4n) is 2.53. The van der Waals surface area contributed by atoms with E-state index in [0.717, 1.165) is 24.4 Å². The zero-order valence-corrected chi connectivity index (χ0v) is 12.6. The Morgan fingerprint density at radius 1 is 1.14 bits per heavy atom. The van der Waals surface area contributed by atoms with E-state index in [-0.39, 0.29) is 0 Å². The van der Waals surface area contributed by atoms with Crippen molar-refractivity contribution in [3.05, 3.63) is 47.4 Å². The van der Waals surface area contributed by atoms with Crippen LogP contribution in [-0.2, 0) is 19.4 Å². The first kappa shape index (κ1) is 14.0. The normalized spacial score (nSPS) is 13.5. The van der Waals surface area contributed by atoms with Gasteiger partial charge in [0, 0.05) is 12.6 Å². The molecule has 1 aromatic heterocycles. The molecule has 0 aliphatic heterocycles. The van der Waals surface area contributed by atoms with Crippen molar-refractivity contribution in [3.8, 4) is 11.6 Å². The van der Waals surface area contributed by atoms with Gasteiger partial charge >= 0.3 is 0 Å². The van der Waals surface area contributed by atoms with E-state index in [9.17, 15) is 0 Å². The van der Waals surface area contributed by atoms with E-state index in [2.05, 4.69) is 41.3 Å². The summed E-state index contributed by atoms with van der Waals surface area (Å²) in [5, 5.41) is 3.32. The predicted molar refractivity (Wildman–Crippen MR) is 82.5 cm³/mol. The van der Waals surface area contributed by atoms with Crippen molar-refractivity contribution in [2.45, 2.75) is 45.7 Å². The highest BCUT2D eigenvalue weighted by Crippen LogP contribution is 2.28. The van der Waals surface area contributed by atoms with Gasteiger partial charge in [-0.25, -0.2) is 4.98 Å². The van der Waals surface area contributed by atoms with Crippen LogP contribution in [0, 0.1) is 0 Å². The van der Waals surface area contributed by atoms with E-state index in [4.69, 9.17) is 4.74 Å². The van der Waals surface area contributed by atoms with Gasteiger partial charge in [-0.05, 0) is 42.5 Å². The Hall–Kier alpha value is -1.94. The number of aromatic nitrogens is 2. The molecule has 0 saturated heterocycles. The Balaban J connectivity index is 1.65. The zero-order valence-electron chi connectivity index (χ0n) is 12.6. The van der Waals surface area contributed by atoms with E-state index in [1.54, 1.807) is 12.4 Å². The topological polar surface area (TPSA) is 47.0 Å². The molecule has 1 heterocycles. The van der Waals surface area contributed by atoms with Crippen LogP contribution in [0.15, 0.2) is 30.6 Å². The van der Waals surface area contributed by atoms with Crippen LogP contribution in [0.4, 0.5) is 0 Å². The van der Waals surface area contributed by atoms with Crippen molar-refractivity contribution in [1.29, 1.82) is 0 Å². The Labute approximate surface area is 125 Å². The van der Waals surface area contributed by atoms with Crippen molar-refractivity contribution in [2.75, 3.05) is 0 Å². The van der Waals surface area contributed by atoms with Crippen LogP contribution < -0.4 is 10.1 Å². The van der Waals surface area contributed by atoms with Gasteiger partial charge in [-0.15, -0.1) is 0 Å². The van der Waals surface area contributed by atoms with E-state index in [1.807, 2.05) is 6.07 Å². The van der Waals surface area contributed by atoms with Gasteiger partial charge in [0.15, 0.2) is 0 Å². The molecule has 0 unspecified atom stereocenters. The quantitative estimate of drug-likeness (QED) is 0.915. The lowest BCUT2D eigenvalue weighted by molar-refractivity contribution is 0.457. The lowest BCUT2D eigenvalue weighted by Gasteiger charge is -2.09. The molecule has 0 bridgehead atoms. The maximum Gasteiger partial charge on any atom is 0.237 e. The van der Waals surface area contributed by atoms with Crippen LogP contribution in [0.25, 0.3) is 0 Å². The summed E-state index contributed by atoms with van der Waals surface area (Å²) in [4.78, 5) is 8.69. The number of benzene rings is 1. The Morgan fingerprint density at radius 2 is 2.00 bits per heavy atom. The molecule has 110 valence electrons. The number of nitrogens with one attached hydrogen (secondary N) is 1. The number of ether oxygens (including phenoxy) is 1. The third-order valence-corrected chi connectivity index (χ3v) is 3.67. The maximum absolute atomic E-state index is 5.79. The second kappa shape index (κ2) is 6.22. The first-order chi connectivity index (χ1) is 10.2. The Morgan fingerprint density at radius 3 is 2.76 bits per heavy atom. The average Bonchev–Trinajstić information content (AvgIpc) is 2.94. The van der Waals surface area contributed by atoms with Gasteiger partial charge in [0.05, 0.1) is 18.1 Å². The third kappa shape index (κ3) is 3.58. The van der Waals surface area contributed by atoms with Gasteiger partial charge in [-0.2, -0.15) is 0 Å². The zero-order chi connectivity index (χ0) is 14.7. The van der Waals surface area contributed by atoms with Gasteiger partial charge in [0.1, 0.15) is 5.75 Å². The third-order valence-electron chi connectivity index (χ3n) is 3.67. The van der Waals surface area contributed by atoms with Gasteiger partial charge in [-0.1, -0.05) is 19.9 Å². The average molecular weight is 283 g/mol. The lowest BCUT2D eigenvalue weighted by Crippen LogP contribution is -2.22. The molecule has 1 N–H and O–H groups in total. The van der Waals surface area contributed by atoms with E-state index >= 15 is 0 Å². The smallest absolute Gasteiger partial charge is 0.237 e. The fraction of sp³-hybridized carbons (Fsp3) is 0.412. The van der Waals surface area contributed by atoms with E-state index in [1.165, 1.54) is 24.0 Å². The molecule has 4 nitrogen and oxygen atoms in total. The number of aryl methyl sites for hydroxylation is 2. The standard InChI is InChI=1S/C17H21N3O/c1-12(2)18-9-15-10-20-17(11-19-15)21-16-7-6-13-4-3-5-14(13)8-16/h6-8,10-12,18H,3-5,9H2,1-2H3.